The Balaban J connectivity index is 1.91. The van der Waals surface area contributed by atoms with Gasteiger partial charge in [-0.05, 0) is 31.2 Å². The molecule has 3 aromatic rings. The third-order valence-corrected chi connectivity index (χ3v) is 4.18. The lowest BCUT2D eigenvalue weighted by Crippen LogP contribution is -2.02. The number of anilines is 4. The number of hydrogen-bond donors (Lipinski definition) is 2. The minimum atomic E-state index is 0.421. The van der Waals surface area contributed by atoms with Crippen LogP contribution < -0.4 is 10.6 Å². The Labute approximate surface area is 155 Å². The molecule has 0 amide bonds. The molecule has 0 saturated heterocycles. The quantitative estimate of drug-likeness (QED) is 0.639. The molecule has 1 aromatic heterocycles. The van der Waals surface area contributed by atoms with E-state index in [9.17, 15) is 5.26 Å². The van der Waals surface area contributed by atoms with Crippen LogP contribution in [0, 0.1) is 18.3 Å². The molecule has 0 aliphatic rings. The van der Waals surface area contributed by atoms with E-state index < -0.39 is 0 Å². The van der Waals surface area contributed by atoms with E-state index >= 15 is 0 Å². The molecule has 2 N–H and O–H groups in total. The van der Waals surface area contributed by atoms with Crippen LogP contribution in [0.2, 0.25) is 10.0 Å². The van der Waals surface area contributed by atoms with Gasteiger partial charge in [-0.15, -0.1) is 0 Å². The molecule has 7 heteroatoms. The Bertz CT molecular complexity index is 966. The van der Waals surface area contributed by atoms with E-state index in [-0.39, 0.29) is 0 Å². The van der Waals surface area contributed by atoms with Gasteiger partial charge >= 0.3 is 0 Å². The molecule has 0 fully saturated rings. The van der Waals surface area contributed by atoms with Gasteiger partial charge in [0.1, 0.15) is 23.5 Å². The van der Waals surface area contributed by atoms with Gasteiger partial charge < -0.3 is 10.6 Å². The van der Waals surface area contributed by atoms with Gasteiger partial charge in [0, 0.05) is 6.07 Å². The van der Waals surface area contributed by atoms with Gasteiger partial charge in [-0.25, -0.2) is 9.97 Å². The van der Waals surface area contributed by atoms with Crippen molar-refractivity contribution in [1.82, 2.24) is 9.97 Å². The van der Waals surface area contributed by atoms with E-state index in [2.05, 4.69) is 26.7 Å². The van der Waals surface area contributed by atoms with Crippen molar-refractivity contribution < 1.29 is 0 Å². The minimum absolute atomic E-state index is 0.421. The molecule has 0 bridgehead atoms. The van der Waals surface area contributed by atoms with Crippen molar-refractivity contribution in [1.29, 1.82) is 5.26 Å². The van der Waals surface area contributed by atoms with E-state index in [4.69, 9.17) is 23.2 Å². The monoisotopic (exact) mass is 369 g/mol. The van der Waals surface area contributed by atoms with Gasteiger partial charge in [-0.3, -0.25) is 0 Å². The molecule has 0 radical (unpaired) electrons. The number of halogens is 2. The van der Waals surface area contributed by atoms with Gasteiger partial charge in [-0.2, -0.15) is 5.26 Å². The fourth-order valence-corrected chi connectivity index (χ4v) is 2.61. The molecule has 0 unspecified atom stereocenters. The summed E-state index contributed by atoms with van der Waals surface area (Å²) in [6.45, 7) is 1.78. The van der Waals surface area contributed by atoms with Gasteiger partial charge in [-0.1, -0.05) is 41.4 Å². The first-order valence-corrected chi connectivity index (χ1v) is 8.15. The average molecular weight is 370 g/mol. The lowest BCUT2D eigenvalue weighted by Gasteiger charge is -2.12. The highest BCUT2D eigenvalue weighted by atomic mass is 35.5. The fraction of sp³-hybridized carbons (Fsp3) is 0.0556. The van der Waals surface area contributed by atoms with Crippen LogP contribution in [0.3, 0.4) is 0 Å². The summed E-state index contributed by atoms with van der Waals surface area (Å²) in [5, 5.41) is 16.4. The van der Waals surface area contributed by atoms with Gasteiger partial charge in [0.25, 0.3) is 0 Å². The van der Waals surface area contributed by atoms with Crippen LogP contribution in [-0.2, 0) is 0 Å². The summed E-state index contributed by atoms with van der Waals surface area (Å²) in [5.41, 5.74) is 1.86. The molecular weight excluding hydrogens is 357 g/mol. The van der Waals surface area contributed by atoms with Crippen LogP contribution in [0.15, 0.2) is 48.5 Å². The second-order valence-corrected chi connectivity index (χ2v) is 5.98. The average Bonchev–Trinajstić information content (AvgIpc) is 2.59. The highest BCUT2D eigenvalue weighted by molar-refractivity contribution is 6.43. The Kier molecular flexibility index (Phi) is 5.03. The van der Waals surface area contributed by atoms with Gasteiger partial charge in [0.15, 0.2) is 0 Å². The lowest BCUT2D eigenvalue weighted by atomic mass is 10.2. The molecule has 0 spiro atoms. The van der Waals surface area contributed by atoms with Gasteiger partial charge in [0.05, 0.1) is 27.0 Å². The SMILES string of the molecule is Cc1nc(Nc2ccccc2C#N)cc(Nc2cccc(Cl)c2Cl)n1. The third kappa shape index (κ3) is 4.00. The zero-order valence-corrected chi connectivity index (χ0v) is 14.7. The van der Waals surface area contributed by atoms with Crippen molar-refractivity contribution in [3.8, 4) is 6.07 Å². The van der Waals surface area contributed by atoms with Crippen LogP contribution in [0.25, 0.3) is 0 Å². The molecule has 2 aromatic carbocycles. The summed E-state index contributed by atoms with van der Waals surface area (Å²) in [6.07, 6.45) is 0. The van der Waals surface area contributed by atoms with Crippen molar-refractivity contribution >= 4 is 46.2 Å². The summed E-state index contributed by atoms with van der Waals surface area (Å²) in [5.74, 6) is 1.70. The largest absolute Gasteiger partial charge is 0.339 e. The van der Waals surface area contributed by atoms with Crippen molar-refractivity contribution in [2.24, 2.45) is 0 Å². The lowest BCUT2D eigenvalue weighted by molar-refractivity contribution is 1.06. The van der Waals surface area contributed by atoms with E-state index in [0.717, 1.165) is 0 Å². The number of benzene rings is 2. The standard InChI is InChI=1S/C18H13Cl2N5/c1-11-22-16(24-14-7-3-2-5-12(14)10-21)9-17(23-11)25-15-8-4-6-13(19)18(15)20/h2-9H,1H3,(H2,22,23,24,25). The summed E-state index contributed by atoms with van der Waals surface area (Å²) in [6, 6.07) is 16.4. The van der Waals surface area contributed by atoms with Gasteiger partial charge in [0.2, 0.25) is 0 Å². The Morgan fingerprint density at radius 3 is 2.28 bits per heavy atom. The molecular formula is C18H13Cl2N5. The molecule has 5 nitrogen and oxygen atoms in total. The molecule has 25 heavy (non-hydrogen) atoms. The second-order valence-electron chi connectivity index (χ2n) is 5.19. The summed E-state index contributed by atoms with van der Waals surface area (Å²) in [7, 11) is 0. The first-order chi connectivity index (χ1) is 12.1. The van der Waals surface area contributed by atoms with Crippen LogP contribution in [0.4, 0.5) is 23.0 Å². The van der Waals surface area contributed by atoms with Crippen LogP contribution in [0.1, 0.15) is 11.4 Å². The maximum absolute atomic E-state index is 9.19. The smallest absolute Gasteiger partial charge is 0.136 e. The predicted octanol–water partition coefficient (Wildman–Crippen LogP) is 5.45. The zero-order chi connectivity index (χ0) is 17.8. The molecule has 3 rings (SSSR count). The predicted molar refractivity (Wildman–Crippen MR) is 101 cm³/mol. The number of para-hydroxylation sites is 1. The minimum Gasteiger partial charge on any atom is -0.339 e. The molecule has 0 aliphatic heterocycles. The highest BCUT2D eigenvalue weighted by Crippen LogP contribution is 2.32. The molecule has 0 saturated carbocycles. The van der Waals surface area contributed by atoms with Crippen molar-refractivity contribution in [2.45, 2.75) is 6.92 Å². The zero-order valence-electron chi connectivity index (χ0n) is 13.2. The topological polar surface area (TPSA) is 73.6 Å². The fourth-order valence-electron chi connectivity index (χ4n) is 2.26. The number of nitrogens with one attached hydrogen (secondary N) is 2. The first kappa shape index (κ1) is 17.0. The molecule has 0 aliphatic carbocycles. The first-order valence-electron chi connectivity index (χ1n) is 7.39. The van der Waals surface area contributed by atoms with Crippen LogP contribution in [0.5, 0.6) is 0 Å². The van der Waals surface area contributed by atoms with E-state index in [1.165, 1.54) is 0 Å². The number of rotatable bonds is 4. The van der Waals surface area contributed by atoms with Crippen molar-refractivity contribution in [3.63, 3.8) is 0 Å². The van der Waals surface area contributed by atoms with E-state index in [1.807, 2.05) is 24.3 Å². The summed E-state index contributed by atoms with van der Waals surface area (Å²) in [4.78, 5) is 8.71. The summed E-state index contributed by atoms with van der Waals surface area (Å²) >= 11 is 12.2. The Hall–Kier alpha value is -2.81. The summed E-state index contributed by atoms with van der Waals surface area (Å²) < 4.78 is 0. The van der Waals surface area contributed by atoms with Crippen LogP contribution >= 0.6 is 23.2 Å². The van der Waals surface area contributed by atoms with E-state index in [0.29, 0.717) is 44.4 Å². The molecule has 1 heterocycles. The molecule has 0 atom stereocenters. The number of aryl methyl sites for hydroxylation is 1. The van der Waals surface area contributed by atoms with E-state index in [1.54, 1.807) is 31.2 Å². The highest BCUT2D eigenvalue weighted by Gasteiger charge is 2.08. The molecule has 124 valence electrons. The maximum atomic E-state index is 9.19. The Morgan fingerprint density at radius 1 is 0.920 bits per heavy atom. The normalized spacial score (nSPS) is 10.2. The number of aromatic nitrogens is 2. The number of hydrogen-bond acceptors (Lipinski definition) is 5. The number of nitriles is 1. The maximum Gasteiger partial charge on any atom is 0.136 e. The third-order valence-electron chi connectivity index (χ3n) is 3.36. The van der Waals surface area contributed by atoms with Crippen molar-refractivity contribution in [2.75, 3.05) is 10.6 Å². The van der Waals surface area contributed by atoms with Crippen molar-refractivity contribution in [3.05, 3.63) is 70.0 Å². The Morgan fingerprint density at radius 2 is 1.56 bits per heavy atom. The number of nitrogens with zero attached hydrogens (tertiary/aromatic N) is 3. The second kappa shape index (κ2) is 7.39. The van der Waals surface area contributed by atoms with Crippen LogP contribution in [-0.4, -0.2) is 9.97 Å².